The third-order valence-electron chi connectivity index (χ3n) is 7.77. The molecular formula is C39H35IN4O3S. The topological polar surface area (TPSA) is 83.8 Å². The van der Waals surface area contributed by atoms with Crippen molar-refractivity contribution in [3.8, 4) is 5.69 Å². The molecule has 0 bridgehead atoms. The monoisotopic (exact) mass is 766 g/mol. The van der Waals surface area contributed by atoms with E-state index in [4.69, 9.17) is 0 Å². The molecule has 4 aromatic rings. The number of aliphatic imine (C=N–C) groups is 1. The Bertz CT molecular complexity index is 1920. The number of amidine groups is 1. The second kappa shape index (κ2) is 15.9. The van der Waals surface area contributed by atoms with E-state index in [0.29, 0.717) is 5.70 Å². The normalized spacial score (nSPS) is 14.6. The molecule has 0 spiro atoms. The fraction of sp³-hybridized carbons (Fsp3) is 0.128. The van der Waals surface area contributed by atoms with E-state index >= 15 is 0 Å². The first-order chi connectivity index (χ1) is 23.2. The highest BCUT2D eigenvalue weighted by molar-refractivity contribution is 14.1. The van der Waals surface area contributed by atoms with Gasteiger partial charge in [0.15, 0.2) is 5.17 Å². The Labute approximate surface area is 299 Å². The summed E-state index contributed by atoms with van der Waals surface area (Å²) >= 11 is 3.31. The smallest absolute Gasteiger partial charge is 0.285 e. The van der Waals surface area contributed by atoms with Gasteiger partial charge in [-0.1, -0.05) is 97.2 Å². The third-order valence-corrected chi connectivity index (χ3v) is 9.43. The van der Waals surface area contributed by atoms with Gasteiger partial charge in [0.05, 0.1) is 11.8 Å². The first-order valence-electron chi connectivity index (χ1n) is 15.3. The zero-order valence-corrected chi connectivity index (χ0v) is 29.9. The number of amides is 3. The van der Waals surface area contributed by atoms with Gasteiger partial charge in [0, 0.05) is 26.3 Å². The highest BCUT2D eigenvalue weighted by Crippen LogP contribution is 2.29. The van der Waals surface area contributed by atoms with E-state index in [0.717, 1.165) is 49.1 Å². The quantitative estimate of drug-likeness (QED) is 0.0766. The van der Waals surface area contributed by atoms with Crippen molar-refractivity contribution in [3.05, 3.63) is 165 Å². The van der Waals surface area contributed by atoms with Crippen LogP contribution < -0.4 is 5.32 Å². The molecule has 7 nitrogen and oxygen atoms in total. The van der Waals surface area contributed by atoms with Gasteiger partial charge < -0.3 is 9.88 Å². The molecule has 1 aromatic heterocycles. The zero-order valence-electron chi connectivity index (χ0n) is 26.9. The summed E-state index contributed by atoms with van der Waals surface area (Å²) in [7, 11) is 0. The Morgan fingerprint density at radius 3 is 2.19 bits per heavy atom. The fourth-order valence-electron chi connectivity index (χ4n) is 5.47. The first-order valence-corrected chi connectivity index (χ1v) is 17.4. The van der Waals surface area contributed by atoms with Crippen molar-refractivity contribution in [1.29, 1.82) is 0 Å². The lowest BCUT2D eigenvalue weighted by atomic mass is 9.99. The standard InChI is InChI=1S/C39H35IN4O3S/c1-5-7-18-32(6-2)44-38(47)34(24-30-23-26(3)43(27(30)4)33-21-19-31(40)20-22-33)37(46)42-39(44)48-25-35(45)41-36(28-14-10-8-11-15-28)29-16-12-9-13-17-29/h5-24,36H,1,25H2,2-4H3,(H,41,45)/b18-7-,32-6+,34-24-. The van der Waals surface area contributed by atoms with Gasteiger partial charge in [-0.2, -0.15) is 4.99 Å². The van der Waals surface area contributed by atoms with Crippen LogP contribution in [0.15, 0.2) is 138 Å². The number of hydrogen-bond acceptors (Lipinski definition) is 4. The second-order valence-electron chi connectivity index (χ2n) is 11.0. The van der Waals surface area contributed by atoms with Crippen molar-refractivity contribution in [2.75, 3.05) is 5.75 Å². The largest absolute Gasteiger partial charge is 0.344 e. The predicted molar refractivity (Wildman–Crippen MR) is 204 cm³/mol. The molecule has 3 aromatic carbocycles. The maximum atomic E-state index is 14.2. The second-order valence-corrected chi connectivity index (χ2v) is 13.1. The Morgan fingerprint density at radius 2 is 1.60 bits per heavy atom. The molecule has 9 heteroatoms. The summed E-state index contributed by atoms with van der Waals surface area (Å²) in [4.78, 5) is 46.8. The van der Waals surface area contributed by atoms with Gasteiger partial charge in [0.1, 0.15) is 5.57 Å². The van der Waals surface area contributed by atoms with E-state index in [1.54, 1.807) is 37.3 Å². The van der Waals surface area contributed by atoms with E-state index in [1.807, 2.05) is 105 Å². The molecule has 3 amide bonds. The van der Waals surface area contributed by atoms with Crippen molar-refractivity contribution in [2.45, 2.75) is 26.8 Å². The minimum Gasteiger partial charge on any atom is -0.344 e. The number of allylic oxidation sites excluding steroid dienone is 4. The number of carbonyl (C=O) groups is 3. The molecule has 2 heterocycles. The molecule has 0 aliphatic carbocycles. The van der Waals surface area contributed by atoms with Crippen LogP contribution in [0.4, 0.5) is 0 Å². The SMILES string of the molecule is C=C/C=C\C(=C/C)N1C(=O)/C(=C\c2cc(C)n(-c3ccc(I)cc3)c2C)C(=O)N=C1SCC(=O)NC(c1ccccc1)c1ccccc1. The average Bonchev–Trinajstić information content (AvgIpc) is 3.38. The number of aromatic nitrogens is 1. The van der Waals surface area contributed by atoms with Crippen molar-refractivity contribution in [3.63, 3.8) is 0 Å². The lowest BCUT2D eigenvalue weighted by molar-refractivity contribution is -0.126. The Kier molecular flexibility index (Phi) is 11.5. The summed E-state index contributed by atoms with van der Waals surface area (Å²) < 4.78 is 3.21. The molecule has 0 saturated carbocycles. The maximum absolute atomic E-state index is 14.2. The zero-order chi connectivity index (χ0) is 34.2. The molecule has 242 valence electrons. The van der Waals surface area contributed by atoms with Crippen molar-refractivity contribution in [1.82, 2.24) is 14.8 Å². The Balaban J connectivity index is 1.44. The lowest BCUT2D eigenvalue weighted by Crippen LogP contribution is -2.42. The van der Waals surface area contributed by atoms with Gasteiger partial charge in [0.25, 0.3) is 11.8 Å². The summed E-state index contributed by atoms with van der Waals surface area (Å²) in [5.41, 5.74) is 5.89. The molecule has 0 saturated heterocycles. The minimum absolute atomic E-state index is 0.0637. The van der Waals surface area contributed by atoms with Gasteiger partial charge in [-0.25, -0.2) is 0 Å². The summed E-state index contributed by atoms with van der Waals surface area (Å²) in [6, 6.07) is 29.1. The van der Waals surface area contributed by atoms with Crippen LogP contribution in [0.25, 0.3) is 11.8 Å². The van der Waals surface area contributed by atoms with Crippen LogP contribution in [0.2, 0.25) is 0 Å². The average molecular weight is 767 g/mol. The van der Waals surface area contributed by atoms with Crippen LogP contribution in [-0.2, 0) is 14.4 Å². The van der Waals surface area contributed by atoms with Gasteiger partial charge in [-0.15, -0.1) is 0 Å². The van der Waals surface area contributed by atoms with Gasteiger partial charge in [0.2, 0.25) is 5.91 Å². The summed E-state index contributed by atoms with van der Waals surface area (Å²) in [6.45, 7) is 9.48. The third kappa shape index (κ3) is 7.86. The van der Waals surface area contributed by atoms with Crippen molar-refractivity contribution in [2.24, 2.45) is 4.99 Å². The molecule has 0 unspecified atom stereocenters. The molecule has 0 radical (unpaired) electrons. The van der Waals surface area contributed by atoms with Crippen molar-refractivity contribution >= 4 is 63.3 Å². The summed E-state index contributed by atoms with van der Waals surface area (Å²) in [6.07, 6.45) is 8.39. The van der Waals surface area contributed by atoms with E-state index in [9.17, 15) is 14.4 Å². The van der Waals surface area contributed by atoms with Crippen LogP contribution in [0.3, 0.4) is 0 Å². The molecule has 1 N–H and O–H groups in total. The molecule has 0 fully saturated rings. The predicted octanol–water partition coefficient (Wildman–Crippen LogP) is 8.09. The van der Waals surface area contributed by atoms with Crippen LogP contribution >= 0.6 is 34.4 Å². The molecular weight excluding hydrogens is 731 g/mol. The Hall–Kier alpha value is -4.74. The van der Waals surface area contributed by atoms with Gasteiger partial charge >= 0.3 is 0 Å². The van der Waals surface area contributed by atoms with Crippen LogP contribution in [0.5, 0.6) is 0 Å². The number of carbonyl (C=O) groups excluding carboxylic acids is 3. The maximum Gasteiger partial charge on any atom is 0.285 e. The van der Waals surface area contributed by atoms with Gasteiger partial charge in [-0.3, -0.25) is 19.3 Å². The number of thioether (sulfide) groups is 1. The number of halogens is 1. The number of hydrogen-bond donors (Lipinski definition) is 1. The van der Waals surface area contributed by atoms with Crippen LogP contribution in [0.1, 0.15) is 41.0 Å². The number of rotatable bonds is 10. The number of nitrogens with one attached hydrogen (secondary N) is 1. The highest BCUT2D eigenvalue weighted by atomic mass is 127. The molecule has 1 aliphatic heterocycles. The van der Waals surface area contributed by atoms with Crippen LogP contribution in [-0.4, -0.2) is 38.1 Å². The molecule has 1 aliphatic rings. The Morgan fingerprint density at radius 1 is 0.979 bits per heavy atom. The lowest BCUT2D eigenvalue weighted by Gasteiger charge is -2.28. The number of aryl methyl sites for hydroxylation is 1. The molecule has 5 rings (SSSR count). The first kappa shape index (κ1) is 34.6. The van der Waals surface area contributed by atoms with Crippen LogP contribution in [0, 0.1) is 17.4 Å². The van der Waals surface area contributed by atoms with E-state index < -0.39 is 11.8 Å². The van der Waals surface area contributed by atoms with Crippen molar-refractivity contribution < 1.29 is 14.4 Å². The highest BCUT2D eigenvalue weighted by Gasteiger charge is 2.35. The minimum atomic E-state index is -0.659. The summed E-state index contributed by atoms with van der Waals surface area (Å²) in [5, 5.41) is 3.24. The molecule has 0 atom stereocenters. The summed E-state index contributed by atoms with van der Waals surface area (Å²) in [5.74, 6) is -1.52. The number of nitrogens with zero attached hydrogens (tertiary/aromatic N) is 3. The van der Waals surface area contributed by atoms with E-state index in [1.165, 1.54) is 4.90 Å². The van der Waals surface area contributed by atoms with E-state index in [-0.39, 0.29) is 28.4 Å². The number of benzene rings is 3. The molecule has 48 heavy (non-hydrogen) atoms. The van der Waals surface area contributed by atoms with Gasteiger partial charge in [-0.05, 0) is 103 Å². The fourth-order valence-corrected chi connectivity index (χ4v) is 6.64. The van der Waals surface area contributed by atoms with E-state index in [2.05, 4.69) is 44.0 Å².